The molecule has 1 N–H and O–H groups in total. The minimum absolute atomic E-state index is 0.0394. The number of carbonyl (C=O) groups is 1. The van der Waals surface area contributed by atoms with E-state index in [2.05, 4.69) is 5.32 Å². The first-order chi connectivity index (χ1) is 9.84. The van der Waals surface area contributed by atoms with Crippen molar-refractivity contribution in [1.29, 1.82) is 0 Å². The summed E-state index contributed by atoms with van der Waals surface area (Å²) < 4.78 is 27.4. The fourth-order valence-corrected chi connectivity index (χ4v) is 4.97. The lowest BCUT2D eigenvalue weighted by atomic mass is 9.92. The summed E-state index contributed by atoms with van der Waals surface area (Å²) in [4.78, 5) is 13.7. The molecule has 0 saturated carbocycles. The van der Waals surface area contributed by atoms with Gasteiger partial charge in [0, 0.05) is 51.2 Å². The number of hydrogen-bond donors (Lipinski definition) is 1. The monoisotopic (exact) mass is 336 g/mol. The molecule has 1 atom stereocenters. The lowest BCUT2D eigenvalue weighted by Crippen LogP contribution is -2.61. The maximum Gasteiger partial charge on any atom is 0.223 e. The molecule has 122 valence electrons. The molecular formula is C13H24N2O4S2. The second kappa shape index (κ2) is 6.85. The van der Waals surface area contributed by atoms with E-state index < -0.39 is 9.84 Å². The predicted molar refractivity (Wildman–Crippen MR) is 84.4 cm³/mol. The minimum atomic E-state index is -3.06. The van der Waals surface area contributed by atoms with E-state index in [0.29, 0.717) is 12.6 Å². The Bertz CT molecular complexity index is 475. The number of hydrogen-bond acceptors (Lipinski definition) is 6. The normalized spacial score (nSPS) is 24.3. The number of amides is 1. The standard InChI is InChI=1S/C13H24N2O4S2/c1-19-5-4-14-11-7-13(20-8-11)9-15(10-13)12(16)3-6-21(2,17)18/h11,14H,3-10H2,1-2H3. The number of ether oxygens (including phenoxy) is 1. The van der Waals surface area contributed by atoms with Gasteiger partial charge in [0.15, 0.2) is 0 Å². The van der Waals surface area contributed by atoms with Crippen LogP contribution in [0.25, 0.3) is 0 Å². The van der Waals surface area contributed by atoms with E-state index in [1.807, 2.05) is 11.8 Å². The highest BCUT2D eigenvalue weighted by molar-refractivity contribution is 8.01. The van der Waals surface area contributed by atoms with Gasteiger partial charge in [-0.2, -0.15) is 0 Å². The van der Waals surface area contributed by atoms with Crippen LogP contribution in [0.3, 0.4) is 0 Å². The Kier molecular flexibility index (Phi) is 5.56. The number of sulfone groups is 1. The smallest absolute Gasteiger partial charge is 0.223 e. The van der Waals surface area contributed by atoms with Gasteiger partial charge in [-0.05, 0) is 6.42 Å². The summed E-state index contributed by atoms with van der Waals surface area (Å²) in [6.45, 7) is 3.07. The van der Waals surface area contributed by atoms with Crippen LogP contribution in [0.15, 0.2) is 0 Å². The van der Waals surface area contributed by atoms with Crippen LogP contribution in [-0.4, -0.2) is 81.1 Å². The highest BCUT2D eigenvalue weighted by Gasteiger charge is 2.50. The summed E-state index contributed by atoms with van der Waals surface area (Å²) >= 11 is 1.93. The average Bonchev–Trinajstić information content (AvgIpc) is 2.78. The molecule has 1 unspecified atom stereocenters. The Labute approximate surface area is 130 Å². The van der Waals surface area contributed by atoms with Gasteiger partial charge >= 0.3 is 0 Å². The van der Waals surface area contributed by atoms with Crippen LogP contribution in [0.5, 0.6) is 0 Å². The molecule has 2 aliphatic heterocycles. The number of thioether (sulfide) groups is 1. The van der Waals surface area contributed by atoms with E-state index in [0.717, 1.165) is 31.8 Å². The first kappa shape index (κ1) is 17.1. The van der Waals surface area contributed by atoms with Gasteiger partial charge in [0.05, 0.1) is 17.1 Å². The fourth-order valence-electron chi connectivity index (χ4n) is 2.82. The molecule has 2 saturated heterocycles. The molecule has 0 bridgehead atoms. The summed E-state index contributed by atoms with van der Waals surface area (Å²) in [5, 5.41) is 3.47. The summed E-state index contributed by atoms with van der Waals surface area (Å²) in [6.07, 6.45) is 2.34. The Morgan fingerprint density at radius 1 is 1.48 bits per heavy atom. The predicted octanol–water partition coefficient (Wildman–Crippen LogP) is -0.256. The number of methoxy groups -OCH3 is 1. The van der Waals surface area contributed by atoms with Crippen LogP contribution >= 0.6 is 11.8 Å². The largest absolute Gasteiger partial charge is 0.383 e. The quantitative estimate of drug-likeness (QED) is 0.646. The number of nitrogens with zero attached hydrogens (tertiary/aromatic N) is 1. The molecule has 2 aliphatic rings. The SMILES string of the molecule is COCCNC1CSC2(C1)CN(C(=O)CCS(C)(=O)=O)C2. The molecule has 6 nitrogen and oxygen atoms in total. The van der Waals surface area contributed by atoms with Crippen molar-refractivity contribution in [2.75, 3.05) is 51.1 Å². The van der Waals surface area contributed by atoms with Gasteiger partial charge in [-0.1, -0.05) is 0 Å². The summed E-state index contributed by atoms with van der Waals surface area (Å²) in [5.74, 6) is 0.973. The van der Waals surface area contributed by atoms with Crippen molar-refractivity contribution in [2.24, 2.45) is 0 Å². The Hall–Kier alpha value is -0.310. The molecule has 2 heterocycles. The Balaban J connectivity index is 1.70. The van der Waals surface area contributed by atoms with Gasteiger partial charge in [-0.25, -0.2) is 8.42 Å². The van der Waals surface area contributed by atoms with Gasteiger partial charge in [0.25, 0.3) is 0 Å². The van der Waals surface area contributed by atoms with Gasteiger partial charge in [-0.3, -0.25) is 4.79 Å². The van der Waals surface area contributed by atoms with E-state index in [1.54, 1.807) is 12.0 Å². The number of nitrogens with one attached hydrogen (secondary N) is 1. The van der Waals surface area contributed by atoms with E-state index in [4.69, 9.17) is 4.74 Å². The van der Waals surface area contributed by atoms with E-state index in [9.17, 15) is 13.2 Å². The van der Waals surface area contributed by atoms with Crippen LogP contribution in [-0.2, 0) is 19.4 Å². The molecular weight excluding hydrogens is 312 g/mol. The maximum absolute atomic E-state index is 11.9. The second-order valence-corrected chi connectivity index (χ2v) is 9.72. The third-order valence-electron chi connectivity index (χ3n) is 3.95. The summed E-state index contributed by atoms with van der Waals surface area (Å²) in [5.41, 5.74) is 0. The number of rotatable bonds is 7. The molecule has 0 radical (unpaired) electrons. The molecule has 2 rings (SSSR count). The molecule has 0 aliphatic carbocycles. The third-order valence-corrected chi connectivity index (χ3v) is 6.50. The topological polar surface area (TPSA) is 75.7 Å². The fraction of sp³-hybridized carbons (Fsp3) is 0.923. The minimum Gasteiger partial charge on any atom is -0.383 e. The van der Waals surface area contributed by atoms with Crippen molar-refractivity contribution in [3.63, 3.8) is 0 Å². The highest BCUT2D eigenvalue weighted by Crippen LogP contribution is 2.45. The lowest BCUT2D eigenvalue weighted by Gasteiger charge is -2.47. The van der Waals surface area contributed by atoms with Crippen LogP contribution in [0.4, 0.5) is 0 Å². The molecule has 2 fully saturated rings. The Morgan fingerprint density at radius 3 is 2.81 bits per heavy atom. The van der Waals surface area contributed by atoms with Gasteiger partial charge in [0.1, 0.15) is 9.84 Å². The van der Waals surface area contributed by atoms with Gasteiger partial charge in [0.2, 0.25) is 5.91 Å². The number of carbonyl (C=O) groups excluding carboxylic acids is 1. The van der Waals surface area contributed by atoms with Crippen molar-refractivity contribution in [3.8, 4) is 0 Å². The van der Waals surface area contributed by atoms with E-state index in [1.165, 1.54) is 6.26 Å². The van der Waals surface area contributed by atoms with Crippen LogP contribution in [0, 0.1) is 0 Å². The zero-order valence-corrected chi connectivity index (χ0v) is 14.3. The lowest BCUT2D eigenvalue weighted by molar-refractivity contribution is -0.135. The number of likely N-dealkylation sites (tertiary alicyclic amines) is 1. The molecule has 1 amide bonds. The zero-order chi connectivity index (χ0) is 15.5. The molecule has 0 aromatic rings. The van der Waals surface area contributed by atoms with Crippen molar-refractivity contribution in [2.45, 2.75) is 23.6 Å². The summed E-state index contributed by atoms with van der Waals surface area (Å²) in [6, 6.07) is 0.485. The molecule has 0 aromatic carbocycles. The van der Waals surface area contributed by atoms with Crippen LogP contribution < -0.4 is 5.32 Å². The van der Waals surface area contributed by atoms with Crippen molar-refractivity contribution in [1.82, 2.24) is 10.2 Å². The first-order valence-electron chi connectivity index (χ1n) is 7.15. The van der Waals surface area contributed by atoms with Gasteiger partial charge in [-0.15, -0.1) is 11.8 Å². The van der Waals surface area contributed by atoms with E-state index >= 15 is 0 Å². The van der Waals surface area contributed by atoms with Crippen LogP contribution in [0.2, 0.25) is 0 Å². The molecule has 1 spiro atoms. The first-order valence-corrected chi connectivity index (χ1v) is 10.2. The third kappa shape index (κ3) is 4.84. The zero-order valence-electron chi connectivity index (χ0n) is 12.6. The molecule has 21 heavy (non-hydrogen) atoms. The van der Waals surface area contributed by atoms with Crippen molar-refractivity contribution in [3.05, 3.63) is 0 Å². The van der Waals surface area contributed by atoms with E-state index in [-0.39, 0.29) is 22.8 Å². The highest BCUT2D eigenvalue weighted by atomic mass is 32.2. The van der Waals surface area contributed by atoms with Gasteiger partial charge < -0.3 is 15.0 Å². The van der Waals surface area contributed by atoms with Crippen molar-refractivity contribution < 1.29 is 17.9 Å². The van der Waals surface area contributed by atoms with Crippen molar-refractivity contribution >= 4 is 27.5 Å². The molecule has 0 aromatic heterocycles. The molecule has 8 heteroatoms. The summed E-state index contributed by atoms with van der Waals surface area (Å²) in [7, 11) is -1.37. The Morgan fingerprint density at radius 2 is 2.19 bits per heavy atom. The second-order valence-electron chi connectivity index (χ2n) is 5.97. The average molecular weight is 336 g/mol. The van der Waals surface area contributed by atoms with Crippen LogP contribution in [0.1, 0.15) is 12.8 Å². The maximum atomic E-state index is 11.9.